The van der Waals surface area contributed by atoms with E-state index in [0.717, 1.165) is 25.7 Å². The van der Waals surface area contributed by atoms with E-state index in [-0.39, 0.29) is 17.6 Å². The van der Waals surface area contributed by atoms with E-state index in [1.165, 1.54) is 19.4 Å². The number of carbonyl (C=O) groups is 1. The van der Waals surface area contributed by atoms with E-state index in [9.17, 15) is 9.59 Å². The normalized spacial score (nSPS) is 16.8. The Morgan fingerprint density at radius 3 is 2.65 bits per heavy atom. The van der Waals surface area contributed by atoms with E-state index in [4.69, 9.17) is 4.74 Å². The van der Waals surface area contributed by atoms with Crippen molar-refractivity contribution in [2.45, 2.75) is 45.1 Å². The van der Waals surface area contributed by atoms with Crippen molar-refractivity contribution < 1.29 is 9.53 Å². The summed E-state index contributed by atoms with van der Waals surface area (Å²) in [5.74, 6) is 0.0847. The topological polar surface area (TPSA) is 48.3 Å². The van der Waals surface area contributed by atoms with Gasteiger partial charge in [0.05, 0.1) is 6.20 Å². The molecular weight excluding hydrogens is 218 g/mol. The molecule has 4 heteroatoms. The third-order valence-corrected chi connectivity index (χ3v) is 3.14. The fourth-order valence-corrected chi connectivity index (χ4v) is 2.35. The molecule has 1 aliphatic rings. The van der Waals surface area contributed by atoms with E-state index in [1.54, 1.807) is 16.8 Å². The monoisotopic (exact) mass is 235 g/mol. The summed E-state index contributed by atoms with van der Waals surface area (Å²) in [5.41, 5.74) is -0.0206. The van der Waals surface area contributed by atoms with Crippen molar-refractivity contribution in [1.29, 1.82) is 0 Å². The predicted octanol–water partition coefficient (Wildman–Crippen LogP) is 2.28. The number of aromatic nitrogens is 1. The highest BCUT2D eigenvalue weighted by Gasteiger charge is 2.16. The Morgan fingerprint density at radius 1 is 1.29 bits per heavy atom. The van der Waals surface area contributed by atoms with Crippen LogP contribution in [0.2, 0.25) is 0 Å². The Morgan fingerprint density at radius 2 is 2.00 bits per heavy atom. The summed E-state index contributed by atoms with van der Waals surface area (Å²) < 4.78 is 6.71. The first-order chi connectivity index (χ1) is 8.16. The summed E-state index contributed by atoms with van der Waals surface area (Å²) in [6.45, 7) is 1.36. The Labute approximate surface area is 100 Å². The van der Waals surface area contributed by atoms with Gasteiger partial charge in [-0.2, -0.15) is 0 Å². The molecule has 0 atom stereocenters. The molecule has 0 aliphatic heterocycles. The second kappa shape index (κ2) is 5.17. The van der Waals surface area contributed by atoms with E-state index >= 15 is 0 Å². The van der Waals surface area contributed by atoms with Crippen LogP contribution >= 0.6 is 0 Å². The van der Waals surface area contributed by atoms with Gasteiger partial charge in [0.2, 0.25) is 0 Å². The van der Waals surface area contributed by atoms with E-state index in [2.05, 4.69) is 0 Å². The molecule has 0 N–H and O–H groups in total. The molecule has 0 radical (unpaired) electrons. The molecular formula is C13H17NO3. The lowest BCUT2D eigenvalue weighted by Gasteiger charge is -2.24. The number of hydrogen-bond acceptors (Lipinski definition) is 3. The molecule has 1 heterocycles. The summed E-state index contributed by atoms with van der Waals surface area (Å²) in [7, 11) is 0. The van der Waals surface area contributed by atoms with Crippen LogP contribution in [0.15, 0.2) is 23.1 Å². The fraction of sp³-hybridized carbons (Fsp3) is 0.538. The zero-order valence-corrected chi connectivity index (χ0v) is 10.0. The van der Waals surface area contributed by atoms with Crippen molar-refractivity contribution in [3.8, 4) is 5.75 Å². The zero-order valence-electron chi connectivity index (χ0n) is 10.0. The van der Waals surface area contributed by atoms with Crippen molar-refractivity contribution in [1.82, 2.24) is 4.57 Å². The second-order valence-electron chi connectivity index (χ2n) is 4.50. The van der Waals surface area contributed by atoms with Gasteiger partial charge in [-0.25, -0.2) is 0 Å². The molecule has 17 heavy (non-hydrogen) atoms. The van der Waals surface area contributed by atoms with Crippen LogP contribution in [-0.2, 0) is 4.79 Å². The van der Waals surface area contributed by atoms with Crippen LogP contribution in [-0.4, -0.2) is 10.5 Å². The molecule has 4 nitrogen and oxygen atoms in total. The molecule has 0 unspecified atom stereocenters. The van der Waals surface area contributed by atoms with Gasteiger partial charge in [-0.15, -0.1) is 0 Å². The Hall–Kier alpha value is -1.58. The first kappa shape index (κ1) is 11.9. The van der Waals surface area contributed by atoms with Gasteiger partial charge < -0.3 is 9.30 Å². The summed E-state index contributed by atoms with van der Waals surface area (Å²) in [6.07, 6.45) is 7.28. The maximum atomic E-state index is 11.8. The first-order valence-corrected chi connectivity index (χ1v) is 6.07. The summed E-state index contributed by atoms with van der Waals surface area (Å²) in [4.78, 5) is 22.7. The van der Waals surface area contributed by atoms with Crippen molar-refractivity contribution in [3.63, 3.8) is 0 Å². The van der Waals surface area contributed by atoms with Crippen LogP contribution in [0.5, 0.6) is 5.75 Å². The largest absolute Gasteiger partial charge is 0.425 e. The molecule has 1 aromatic rings. The average molecular weight is 235 g/mol. The number of ether oxygens (including phenoxy) is 1. The van der Waals surface area contributed by atoms with Crippen molar-refractivity contribution in [2.75, 3.05) is 0 Å². The molecule has 0 bridgehead atoms. The van der Waals surface area contributed by atoms with Crippen LogP contribution in [0.1, 0.15) is 45.1 Å². The summed E-state index contributed by atoms with van der Waals surface area (Å²) in [5, 5.41) is 0. The van der Waals surface area contributed by atoms with E-state index in [1.807, 2.05) is 0 Å². The number of pyridine rings is 1. The number of nitrogens with zero attached hydrogens (tertiary/aromatic N) is 1. The Bertz CT molecular complexity index is 458. The minimum Gasteiger partial charge on any atom is -0.425 e. The zero-order chi connectivity index (χ0) is 12.3. The molecule has 0 saturated heterocycles. The molecule has 2 rings (SSSR count). The van der Waals surface area contributed by atoms with Crippen LogP contribution in [0.3, 0.4) is 0 Å². The first-order valence-electron chi connectivity index (χ1n) is 6.07. The van der Waals surface area contributed by atoms with Crippen molar-refractivity contribution in [3.05, 3.63) is 28.7 Å². The van der Waals surface area contributed by atoms with Crippen molar-refractivity contribution >= 4 is 5.97 Å². The highest BCUT2D eigenvalue weighted by Crippen LogP contribution is 2.27. The highest BCUT2D eigenvalue weighted by molar-refractivity contribution is 5.69. The third-order valence-electron chi connectivity index (χ3n) is 3.14. The fourth-order valence-electron chi connectivity index (χ4n) is 2.35. The SMILES string of the molecule is CC(=O)Oc1ccc(=O)n(C2CCCCC2)c1. The van der Waals surface area contributed by atoms with E-state index in [0.29, 0.717) is 5.75 Å². The maximum Gasteiger partial charge on any atom is 0.308 e. The minimum absolute atomic E-state index is 0.0206. The maximum absolute atomic E-state index is 11.8. The average Bonchev–Trinajstić information content (AvgIpc) is 2.32. The van der Waals surface area contributed by atoms with Gasteiger partial charge in [-0.1, -0.05) is 19.3 Å². The quantitative estimate of drug-likeness (QED) is 0.739. The van der Waals surface area contributed by atoms with Gasteiger partial charge >= 0.3 is 5.97 Å². The highest BCUT2D eigenvalue weighted by atomic mass is 16.5. The standard InChI is InChI=1S/C13H17NO3/c1-10(15)17-12-7-8-13(16)14(9-12)11-5-3-2-4-6-11/h7-9,11H,2-6H2,1H3. The Balaban J connectivity index is 2.25. The molecule has 0 spiro atoms. The predicted molar refractivity (Wildman–Crippen MR) is 64.1 cm³/mol. The number of rotatable bonds is 2. The third kappa shape index (κ3) is 2.96. The molecule has 0 amide bonds. The van der Waals surface area contributed by atoms with Gasteiger partial charge in [0.25, 0.3) is 5.56 Å². The van der Waals surface area contributed by atoms with Crippen molar-refractivity contribution in [2.24, 2.45) is 0 Å². The number of carbonyl (C=O) groups excluding carboxylic acids is 1. The van der Waals surface area contributed by atoms with Gasteiger partial charge in [-0.05, 0) is 18.9 Å². The molecule has 1 aromatic heterocycles. The molecule has 0 aromatic carbocycles. The molecule has 92 valence electrons. The molecule has 1 fully saturated rings. The number of hydrogen-bond donors (Lipinski definition) is 0. The van der Waals surface area contributed by atoms with Gasteiger partial charge in [0.1, 0.15) is 5.75 Å². The lowest BCUT2D eigenvalue weighted by Crippen LogP contribution is -2.25. The Kier molecular flexibility index (Phi) is 3.61. The molecule has 1 saturated carbocycles. The summed E-state index contributed by atoms with van der Waals surface area (Å²) >= 11 is 0. The minimum atomic E-state index is -0.362. The van der Waals surface area contributed by atoms with Crippen LogP contribution in [0.25, 0.3) is 0 Å². The van der Waals surface area contributed by atoms with Gasteiger partial charge in [0, 0.05) is 19.0 Å². The lowest BCUT2D eigenvalue weighted by atomic mass is 9.95. The van der Waals surface area contributed by atoms with Gasteiger partial charge in [-0.3, -0.25) is 9.59 Å². The molecule has 1 aliphatic carbocycles. The van der Waals surface area contributed by atoms with Gasteiger partial charge in [0.15, 0.2) is 0 Å². The summed E-state index contributed by atoms with van der Waals surface area (Å²) in [6, 6.07) is 3.27. The van der Waals surface area contributed by atoms with E-state index < -0.39 is 0 Å². The van der Waals surface area contributed by atoms with Crippen LogP contribution < -0.4 is 10.3 Å². The van der Waals surface area contributed by atoms with Crippen LogP contribution in [0.4, 0.5) is 0 Å². The smallest absolute Gasteiger partial charge is 0.308 e. The lowest BCUT2D eigenvalue weighted by molar-refractivity contribution is -0.131. The van der Waals surface area contributed by atoms with Crippen LogP contribution in [0, 0.1) is 0 Å². The number of esters is 1. The second-order valence-corrected chi connectivity index (χ2v) is 4.50.